The number of rotatable bonds is 3. The summed E-state index contributed by atoms with van der Waals surface area (Å²) in [6.07, 6.45) is 1.68. The van der Waals surface area contributed by atoms with Gasteiger partial charge in [0.15, 0.2) is 0 Å². The molecule has 1 aromatic heterocycles. The molecule has 0 amide bonds. The second-order valence-corrected chi connectivity index (χ2v) is 5.82. The average molecular weight is 320 g/mol. The second-order valence-electron chi connectivity index (χ2n) is 3.57. The molecule has 0 spiro atoms. The van der Waals surface area contributed by atoms with E-state index in [1.165, 1.54) is 0 Å². The molecule has 2 nitrogen and oxygen atoms in total. The van der Waals surface area contributed by atoms with Crippen molar-refractivity contribution in [3.05, 3.63) is 51.2 Å². The van der Waals surface area contributed by atoms with Crippen LogP contribution in [0.3, 0.4) is 0 Å². The number of nitrogens with two attached hydrogens (primary N) is 1. The standard InChI is InChI=1S/C12H9Cl3N2S/c13-9-4-12(15)17-5-7(9)6-18-8-1-2-11(16)10(14)3-8/h1-5H,6,16H2. The van der Waals surface area contributed by atoms with Crippen molar-refractivity contribution in [2.75, 3.05) is 5.73 Å². The summed E-state index contributed by atoms with van der Waals surface area (Å²) in [5.41, 5.74) is 7.16. The van der Waals surface area contributed by atoms with Crippen molar-refractivity contribution in [2.24, 2.45) is 0 Å². The first-order valence-corrected chi connectivity index (χ1v) is 7.16. The Balaban J connectivity index is 2.09. The Hall–Kier alpha value is -0.610. The van der Waals surface area contributed by atoms with Crippen LogP contribution in [0.2, 0.25) is 15.2 Å². The van der Waals surface area contributed by atoms with Gasteiger partial charge < -0.3 is 5.73 Å². The van der Waals surface area contributed by atoms with Gasteiger partial charge in [-0.1, -0.05) is 34.8 Å². The highest BCUT2D eigenvalue weighted by atomic mass is 35.5. The van der Waals surface area contributed by atoms with E-state index in [2.05, 4.69) is 4.98 Å². The molecule has 6 heteroatoms. The monoisotopic (exact) mass is 318 g/mol. The molecule has 1 heterocycles. The van der Waals surface area contributed by atoms with Gasteiger partial charge in [0.2, 0.25) is 0 Å². The van der Waals surface area contributed by atoms with Crippen LogP contribution in [-0.2, 0) is 5.75 Å². The van der Waals surface area contributed by atoms with Gasteiger partial charge in [-0.2, -0.15) is 0 Å². The lowest BCUT2D eigenvalue weighted by molar-refractivity contribution is 1.25. The Kier molecular flexibility index (Phi) is 4.62. The van der Waals surface area contributed by atoms with Gasteiger partial charge in [0, 0.05) is 21.9 Å². The molecule has 0 saturated heterocycles. The van der Waals surface area contributed by atoms with Gasteiger partial charge in [0.05, 0.1) is 10.7 Å². The van der Waals surface area contributed by atoms with Crippen LogP contribution in [0.25, 0.3) is 0 Å². The Bertz CT molecular complexity index is 575. The summed E-state index contributed by atoms with van der Waals surface area (Å²) in [6, 6.07) is 7.17. The van der Waals surface area contributed by atoms with Crippen LogP contribution in [0.1, 0.15) is 5.56 Å². The fraction of sp³-hybridized carbons (Fsp3) is 0.0833. The van der Waals surface area contributed by atoms with E-state index in [-0.39, 0.29) is 0 Å². The summed E-state index contributed by atoms with van der Waals surface area (Å²) in [6.45, 7) is 0. The van der Waals surface area contributed by atoms with Gasteiger partial charge in [0.1, 0.15) is 5.15 Å². The number of pyridine rings is 1. The van der Waals surface area contributed by atoms with Crippen molar-refractivity contribution in [3.63, 3.8) is 0 Å². The molecular weight excluding hydrogens is 311 g/mol. The number of nitrogens with zero attached hydrogens (tertiary/aromatic N) is 1. The Labute approximate surface area is 124 Å². The highest BCUT2D eigenvalue weighted by molar-refractivity contribution is 7.98. The third-order valence-corrected chi connectivity index (χ3v) is 4.19. The van der Waals surface area contributed by atoms with Crippen molar-refractivity contribution in [1.82, 2.24) is 4.98 Å². The first-order chi connectivity index (χ1) is 8.56. The highest BCUT2D eigenvalue weighted by Gasteiger charge is 2.04. The summed E-state index contributed by atoms with van der Waals surface area (Å²) in [4.78, 5) is 5.03. The first kappa shape index (κ1) is 13.8. The smallest absolute Gasteiger partial charge is 0.130 e. The molecule has 0 unspecified atom stereocenters. The SMILES string of the molecule is Nc1ccc(SCc2cnc(Cl)cc2Cl)cc1Cl. The van der Waals surface area contributed by atoms with Gasteiger partial charge >= 0.3 is 0 Å². The lowest BCUT2D eigenvalue weighted by atomic mass is 10.3. The number of nitrogen functional groups attached to an aromatic ring is 1. The van der Waals surface area contributed by atoms with Crippen LogP contribution in [0.15, 0.2) is 35.4 Å². The summed E-state index contributed by atoms with van der Waals surface area (Å²) >= 11 is 19.4. The van der Waals surface area contributed by atoms with Crippen molar-refractivity contribution in [1.29, 1.82) is 0 Å². The van der Waals surface area contributed by atoms with Crippen LogP contribution in [-0.4, -0.2) is 4.98 Å². The zero-order valence-corrected chi connectivity index (χ0v) is 12.2. The minimum absolute atomic E-state index is 0.393. The van der Waals surface area contributed by atoms with E-state index in [4.69, 9.17) is 40.5 Å². The molecule has 94 valence electrons. The lowest BCUT2D eigenvalue weighted by Crippen LogP contribution is -1.88. The molecule has 0 fully saturated rings. The Morgan fingerprint density at radius 3 is 2.56 bits per heavy atom. The summed E-state index contributed by atoms with van der Waals surface area (Å²) < 4.78 is 0. The van der Waals surface area contributed by atoms with E-state index < -0.39 is 0 Å². The average Bonchev–Trinajstić information content (AvgIpc) is 2.32. The molecule has 18 heavy (non-hydrogen) atoms. The van der Waals surface area contributed by atoms with Crippen LogP contribution < -0.4 is 5.73 Å². The van der Waals surface area contributed by atoms with Crippen molar-refractivity contribution < 1.29 is 0 Å². The Morgan fingerprint density at radius 2 is 1.89 bits per heavy atom. The molecule has 0 bridgehead atoms. The largest absolute Gasteiger partial charge is 0.398 e. The Morgan fingerprint density at radius 1 is 1.11 bits per heavy atom. The predicted molar refractivity (Wildman–Crippen MR) is 79.7 cm³/mol. The molecule has 0 saturated carbocycles. The molecule has 2 aromatic rings. The summed E-state index contributed by atoms with van der Waals surface area (Å²) in [5, 5.41) is 1.56. The first-order valence-electron chi connectivity index (χ1n) is 5.04. The number of anilines is 1. The maximum absolute atomic E-state index is 6.07. The van der Waals surface area contributed by atoms with Crippen molar-refractivity contribution in [3.8, 4) is 0 Å². The minimum atomic E-state index is 0.393. The van der Waals surface area contributed by atoms with Crippen LogP contribution in [0.4, 0.5) is 5.69 Å². The van der Waals surface area contributed by atoms with Gasteiger partial charge in [-0.15, -0.1) is 11.8 Å². The third-order valence-electron chi connectivity index (χ3n) is 2.26. The topological polar surface area (TPSA) is 38.9 Å². The minimum Gasteiger partial charge on any atom is -0.398 e. The molecule has 0 aliphatic rings. The van der Waals surface area contributed by atoms with E-state index in [9.17, 15) is 0 Å². The van der Waals surface area contributed by atoms with Gasteiger partial charge in [-0.05, 0) is 29.8 Å². The van der Waals surface area contributed by atoms with Gasteiger partial charge in [-0.3, -0.25) is 0 Å². The quantitative estimate of drug-likeness (QED) is 0.496. The number of thioether (sulfide) groups is 1. The molecule has 0 atom stereocenters. The number of halogens is 3. The molecule has 2 N–H and O–H groups in total. The fourth-order valence-corrected chi connectivity index (χ4v) is 2.98. The predicted octanol–water partition coefficient (Wildman–Crippen LogP) is 4.92. The lowest BCUT2D eigenvalue weighted by Gasteiger charge is -2.05. The van der Waals surface area contributed by atoms with E-state index in [1.807, 2.05) is 12.1 Å². The van der Waals surface area contributed by atoms with E-state index in [0.717, 1.165) is 10.5 Å². The molecule has 2 rings (SSSR count). The van der Waals surface area contributed by atoms with Crippen molar-refractivity contribution >= 4 is 52.3 Å². The number of hydrogen-bond acceptors (Lipinski definition) is 3. The molecule has 0 aliphatic heterocycles. The number of hydrogen-bond donors (Lipinski definition) is 1. The van der Waals surface area contributed by atoms with Crippen LogP contribution in [0, 0.1) is 0 Å². The normalized spacial score (nSPS) is 10.6. The number of benzene rings is 1. The number of aromatic nitrogens is 1. The summed E-state index contributed by atoms with van der Waals surface area (Å²) in [7, 11) is 0. The highest BCUT2D eigenvalue weighted by Crippen LogP contribution is 2.30. The fourth-order valence-electron chi connectivity index (χ4n) is 1.30. The van der Waals surface area contributed by atoms with Crippen LogP contribution >= 0.6 is 46.6 Å². The second kappa shape index (κ2) is 6.02. The zero-order chi connectivity index (χ0) is 13.1. The third kappa shape index (κ3) is 3.45. The van der Waals surface area contributed by atoms with Gasteiger partial charge in [-0.25, -0.2) is 4.98 Å². The van der Waals surface area contributed by atoms with E-state index >= 15 is 0 Å². The van der Waals surface area contributed by atoms with Crippen LogP contribution in [0.5, 0.6) is 0 Å². The van der Waals surface area contributed by atoms with Crippen molar-refractivity contribution in [2.45, 2.75) is 10.6 Å². The molecule has 1 aromatic carbocycles. The van der Waals surface area contributed by atoms with E-state index in [1.54, 1.807) is 30.1 Å². The molecule has 0 radical (unpaired) electrons. The molecular formula is C12H9Cl3N2S. The summed E-state index contributed by atoms with van der Waals surface area (Å²) in [5.74, 6) is 0.698. The maximum Gasteiger partial charge on any atom is 0.130 e. The van der Waals surface area contributed by atoms with Gasteiger partial charge in [0.25, 0.3) is 0 Å². The zero-order valence-electron chi connectivity index (χ0n) is 9.16. The molecule has 0 aliphatic carbocycles. The van der Waals surface area contributed by atoms with E-state index in [0.29, 0.717) is 26.6 Å². The maximum atomic E-state index is 6.07.